The summed E-state index contributed by atoms with van der Waals surface area (Å²) in [6.45, 7) is 1.82. The molecule has 0 amide bonds. The zero-order chi connectivity index (χ0) is 7.78. The molecule has 1 aliphatic rings. The normalized spacial score (nSPS) is 49.2. The summed E-state index contributed by atoms with van der Waals surface area (Å²) < 4.78 is 0. The molecule has 5 N–H and O–H groups in total. The molecule has 0 aromatic carbocycles. The molecule has 0 heterocycles. The maximum absolute atomic E-state index is 9.53. The van der Waals surface area contributed by atoms with Gasteiger partial charge in [-0.15, -0.1) is 0 Å². The van der Waals surface area contributed by atoms with Crippen molar-refractivity contribution in [2.75, 3.05) is 0 Å². The van der Waals surface area contributed by atoms with Crippen LogP contribution in [-0.2, 0) is 0 Å². The highest BCUT2D eigenvalue weighted by atomic mass is 16.3. The molecule has 0 bridgehead atoms. The van der Waals surface area contributed by atoms with Gasteiger partial charge in [-0.2, -0.15) is 0 Å². The van der Waals surface area contributed by atoms with E-state index >= 15 is 0 Å². The summed E-state index contributed by atoms with van der Waals surface area (Å²) in [5.74, 6) is 0. The first kappa shape index (κ1) is 7.98. The molecule has 0 aromatic heterocycles. The van der Waals surface area contributed by atoms with Crippen LogP contribution >= 0.6 is 0 Å². The maximum atomic E-state index is 9.53. The molecule has 1 rings (SSSR count). The third-order valence-corrected chi connectivity index (χ3v) is 2.24. The molecule has 0 aliphatic heterocycles. The van der Waals surface area contributed by atoms with Crippen LogP contribution in [0, 0.1) is 0 Å². The van der Waals surface area contributed by atoms with Crippen LogP contribution in [0.15, 0.2) is 0 Å². The van der Waals surface area contributed by atoms with Gasteiger partial charge in [0.25, 0.3) is 0 Å². The second kappa shape index (κ2) is 2.49. The van der Waals surface area contributed by atoms with Gasteiger partial charge in [0, 0.05) is 12.1 Å². The van der Waals surface area contributed by atoms with Gasteiger partial charge in [-0.05, 0) is 26.2 Å². The summed E-state index contributed by atoms with van der Waals surface area (Å²) >= 11 is 0. The molecule has 0 spiro atoms. The van der Waals surface area contributed by atoms with Gasteiger partial charge in [-0.3, -0.25) is 0 Å². The Labute approximate surface area is 61.4 Å². The fourth-order valence-corrected chi connectivity index (χ4v) is 1.45. The van der Waals surface area contributed by atoms with Crippen molar-refractivity contribution in [3.05, 3.63) is 0 Å². The van der Waals surface area contributed by atoms with E-state index < -0.39 is 5.60 Å². The van der Waals surface area contributed by atoms with Gasteiger partial charge in [0.2, 0.25) is 0 Å². The molecular formula is C7H16N2O. The maximum Gasteiger partial charge on any atom is 0.0635 e. The van der Waals surface area contributed by atoms with Gasteiger partial charge < -0.3 is 16.6 Å². The Hall–Kier alpha value is -0.120. The van der Waals surface area contributed by atoms with Crippen molar-refractivity contribution >= 4 is 0 Å². The Bertz CT molecular complexity index is 125. The topological polar surface area (TPSA) is 72.3 Å². The standard InChI is InChI=1S/C7H16N2O/c1-7(10)3-2-5(8)6(9)4-7/h5-6,10H,2-4,8-9H2,1H3/t5-,6+,7?/m1/s1. The fraction of sp³-hybridized carbons (Fsp3) is 1.00. The fourth-order valence-electron chi connectivity index (χ4n) is 1.45. The van der Waals surface area contributed by atoms with E-state index in [0.29, 0.717) is 6.42 Å². The van der Waals surface area contributed by atoms with Gasteiger partial charge in [0.1, 0.15) is 0 Å². The van der Waals surface area contributed by atoms with E-state index in [1.165, 1.54) is 0 Å². The van der Waals surface area contributed by atoms with Crippen molar-refractivity contribution in [1.29, 1.82) is 0 Å². The van der Waals surface area contributed by atoms with Crippen LogP contribution < -0.4 is 11.5 Å². The van der Waals surface area contributed by atoms with E-state index in [4.69, 9.17) is 11.5 Å². The van der Waals surface area contributed by atoms with Gasteiger partial charge in [-0.25, -0.2) is 0 Å². The Morgan fingerprint density at radius 3 is 2.40 bits per heavy atom. The molecule has 1 aliphatic carbocycles. The lowest BCUT2D eigenvalue weighted by molar-refractivity contribution is 0.0103. The van der Waals surface area contributed by atoms with Gasteiger partial charge in [0.05, 0.1) is 5.60 Å². The van der Waals surface area contributed by atoms with Crippen LogP contribution in [0.3, 0.4) is 0 Å². The molecule has 0 saturated heterocycles. The zero-order valence-electron chi connectivity index (χ0n) is 6.38. The molecule has 10 heavy (non-hydrogen) atoms. The van der Waals surface area contributed by atoms with Crippen molar-refractivity contribution in [3.8, 4) is 0 Å². The molecule has 1 unspecified atom stereocenters. The lowest BCUT2D eigenvalue weighted by atomic mass is 9.81. The quantitative estimate of drug-likeness (QED) is 0.432. The smallest absolute Gasteiger partial charge is 0.0635 e. The number of rotatable bonds is 0. The van der Waals surface area contributed by atoms with Crippen molar-refractivity contribution < 1.29 is 5.11 Å². The molecule has 3 atom stereocenters. The van der Waals surface area contributed by atoms with Gasteiger partial charge in [0.15, 0.2) is 0 Å². The minimum Gasteiger partial charge on any atom is -0.390 e. The average Bonchev–Trinajstić information content (AvgIpc) is 1.79. The highest BCUT2D eigenvalue weighted by Crippen LogP contribution is 2.25. The predicted molar refractivity (Wildman–Crippen MR) is 40.4 cm³/mol. The predicted octanol–water partition coefficient (Wildman–Crippen LogP) is -0.424. The highest BCUT2D eigenvalue weighted by Gasteiger charge is 2.32. The number of hydrogen-bond donors (Lipinski definition) is 3. The second-order valence-corrected chi connectivity index (χ2v) is 3.57. The summed E-state index contributed by atoms with van der Waals surface area (Å²) in [7, 11) is 0. The van der Waals surface area contributed by atoms with E-state index in [-0.39, 0.29) is 12.1 Å². The Morgan fingerprint density at radius 2 is 2.00 bits per heavy atom. The van der Waals surface area contributed by atoms with Crippen LogP contribution in [0.5, 0.6) is 0 Å². The Morgan fingerprint density at radius 1 is 1.40 bits per heavy atom. The summed E-state index contributed by atoms with van der Waals surface area (Å²) in [4.78, 5) is 0. The largest absolute Gasteiger partial charge is 0.390 e. The molecule has 0 aromatic rings. The van der Waals surface area contributed by atoms with Crippen LogP contribution in [0.25, 0.3) is 0 Å². The minimum absolute atomic E-state index is 0.0243. The third kappa shape index (κ3) is 1.68. The Balaban J connectivity index is 2.49. The van der Waals surface area contributed by atoms with Crippen LogP contribution in [0.2, 0.25) is 0 Å². The summed E-state index contributed by atoms with van der Waals surface area (Å²) in [6, 6.07) is 0.0592. The molecule has 3 nitrogen and oxygen atoms in total. The van der Waals surface area contributed by atoms with Crippen LogP contribution in [0.1, 0.15) is 26.2 Å². The number of nitrogens with two attached hydrogens (primary N) is 2. The van der Waals surface area contributed by atoms with Crippen molar-refractivity contribution in [3.63, 3.8) is 0 Å². The monoisotopic (exact) mass is 144 g/mol. The van der Waals surface area contributed by atoms with Crippen LogP contribution in [0.4, 0.5) is 0 Å². The number of aliphatic hydroxyl groups is 1. The molecule has 1 fully saturated rings. The van der Waals surface area contributed by atoms with Crippen molar-refractivity contribution in [1.82, 2.24) is 0 Å². The van der Waals surface area contributed by atoms with E-state index in [1.807, 2.05) is 6.92 Å². The minimum atomic E-state index is -0.574. The van der Waals surface area contributed by atoms with Gasteiger partial charge >= 0.3 is 0 Å². The van der Waals surface area contributed by atoms with Crippen molar-refractivity contribution in [2.24, 2.45) is 11.5 Å². The van der Waals surface area contributed by atoms with Crippen LogP contribution in [-0.4, -0.2) is 22.8 Å². The zero-order valence-corrected chi connectivity index (χ0v) is 6.38. The lowest BCUT2D eigenvalue weighted by Crippen LogP contribution is -2.51. The summed E-state index contributed by atoms with van der Waals surface area (Å²) in [5, 5.41) is 9.53. The van der Waals surface area contributed by atoms with Gasteiger partial charge in [-0.1, -0.05) is 0 Å². The molecule has 1 saturated carbocycles. The number of hydrogen-bond acceptors (Lipinski definition) is 3. The van der Waals surface area contributed by atoms with E-state index in [1.54, 1.807) is 0 Å². The second-order valence-electron chi connectivity index (χ2n) is 3.57. The first-order chi connectivity index (χ1) is 4.51. The van der Waals surface area contributed by atoms with E-state index in [2.05, 4.69) is 0 Å². The lowest BCUT2D eigenvalue weighted by Gasteiger charge is -2.35. The summed E-state index contributed by atoms with van der Waals surface area (Å²) in [6.07, 6.45) is 2.25. The molecule has 0 radical (unpaired) electrons. The molecule has 3 heteroatoms. The first-order valence-electron chi connectivity index (χ1n) is 3.75. The van der Waals surface area contributed by atoms with E-state index in [9.17, 15) is 5.11 Å². The highest BCUT2D eigenvalue weighted by molar-refractivity contribution is 4.91. The summed E-state index contributed by atoms with van der Waals surface area (Å²) in [5.41, 5.74) is 10.8. The SMILES string of the molecule is CC1(O)CC[C@@H](N)[C@@H](N)C1. The molecular weight excluding hydrogens is 128 g/mol. The first-order valence-corrected chi connectivity index (χ1v) is 3.75. The third-order valence-electron chi connectivity index (χ3n) is 2.24. The average molecular weight is 144 g/mol. The molecule has 60 valence electrons. The Kier molecular flexibility index (Phi) is 1.99. The van der Waals surface area contributed by atoms with Crippen molar-refractivity contribution in [2.45, 2.75) is 43.9 Å². The van der Waals surface area contributed by atoms with E-state index in [0.717, 1.165) is 12.8 Å².